The van der Waals surface area contributed by atoms with Gasteiger partial charge >= 0.3 is 0 Å². The van der Waals surface area contributed by atoms with Gasteiger partial charge in [-0.25, -0.2) is 0 Å². The van der Waals surface area contributed by atoms with E-state index in [2.05, 4.69) is 35.8 Å². The quantitative estimate of drug-likeness (QED) is 0.180. The van der Waals surface area contributed by atoms with Crippen LogP contribution in [-0.4, -0.2) is 23.6 Å². The summed E-state index contributed by atoms with van der Waals surface area (Å²) in [7, 11) is 0. The number of aliphatic imine (C=N–C) groups is 1. The third-order valence-electron chi connectivity index (χ3n) is 5.00. The lowest BCUT2D eigenvalue weighted by molar-refractivity contribution is -0.698. The fraction of sp³-hybridized carbons (Fsp3) is 0.818. The largest absolute Gasteiger partial charge is 0.396 e. The summed E-state index contributed by atoms with van der Waals surface area (Å²) in [6.07, 6.45) is 15.0. The van der Waals surface area contributed by atoms with Gasteiger partial charge in [0.25, 0.3) is 0 Å². The highest BCUT2D eigenvalue weighted by molar-refractivity contribution is 7.09. The lowest BCUT2D eigenvalue weighted by Crippen LogP contribution is -2.34. The number of aryl methyl sites for hydroxylation is 1. The number of aliphatic hydroxyl groups excluding tert-OH is 1. The van der Waals surface area contributed by atoms with Crippen molar-refractivity contribution in [1.29, 1.82) is 0 Å². The minimum Gasteiger partial charge on any atom is -0.396 e. The molecule has 5 heteroatoms. The predicted octanol–water partition coefficient (Wildman–Crippen LogP) is 4.94. The fourth-order valence-electron chi connectivity index (χ4n) is 3.41. The monoisotopic (exact) mass is 396 g/mol. The number of thiazole rings is 1. The molecule has 0 saturated carbocycles. The Hall–Kier alpha value is -0.940. The first-order valence-electron chi connectivity index (χ1n) is 10.9. The Labute approximate surface area is 170 Å². The Balaban J connectivity index is 1.91. The maximum Gasteiger partial charge on any atom is 0.225 e. The number of aliphatic hydroxyl groups is 1. The Morgan fingerprint density at radius 3 is 2.15 bits per heavy atom. The average molecular weight is 397 g/mol. The predicted molar refractivity (Wildman–Crippen MR) is 118 cm³/mol. The van der Waals surface area contributed by atoms with Crippen molar-refractivity contribution in [3.8, 4) is 0 Å². The molecular formula is C22H42N3OS+. The van der Waals surface area contributed by atoms with Crippen LogP contribution >= 0.6 is 11.3 Å². The van der Waals surface area contributed by atoms with E-state index in [0.717, 1.165) is 25.2 Å². The number of hydrogen-bond donors (Lipinski definition) is 2. The Morgan fingerprint density at radius 1 is 1.04 bits per heavy atom. The molecule has 1 rings (SSSR count). The Kier molecular flexibility index (Phi) is 13.4. The van der Waals surface area contributed by atoms with Gasteiger partial charge in [0.2, 0.25) is 5.51 Å². The molecule has 1 heterocycles. The molecule has 0 aliphatic heterocycles. The molecule has 4 nitrogen and oxygen atoms in total. The number of unbranched alkanes of at least 4 members (excludes halogenated alkanes) is 9. The smallest absolute Gasteiger partial charge is 0.225 e. The van der Waals surface area contributed by atoms with Crippen molar-refractivity contribution in [2.75, 3.05) is 6.61 Å². The standard InChI is InChI=1S/C22H42N3OS/c1-19(2)24-22(23)14-12-10-8-6-4-5-7-9-11-13-16-25-18-27-21(15-17-26)20(25)3/h18-19,26H,4-17H2,1-3H3,(H2,23,24)/q+1. The Morgan fingerprint density at radius 2 is 1.59 bits per heavy atom. The summed E-state index contributed by atoms with van der Waals surface area (Å²) in [6.45, 7) is 7.69. The summed E-state index contributed by atoms with van der Waals surface area (Å²) in [5, 5.41) is 9.07. The second kappa shape index (κ2) is 15.0. The van der Waals surface area contributed by atoms with Crippen LogP contribution in [0, 0.1) is 6.92 Å². The van der Waals surface area contributed by atoms with Gasteiger partial charge in [0.1, 0.15) is 6.54 Å². The molecule has 156 valence electrons. The molecule has 0 bridgehead atoms. The second-order valence-corrected chi connectivity index (χ2v) is 8.84. The minimum absolute atomic E-state index is 0.252. The van der Waals surface area contributed by atoms with Gasteiger partial charge in [-0.15, -0.1) is 0 Å². The molecule has 1 aromatic rings. The van der Waals surface area contributed by atoms with Crippen LogP contribution in [0.25, 0.3) is 0 Å². The SMILES string of the molecule is Cc1c(CCO)sc[n+]1CCCCCCCCCCCCC(N)=NC(C)C. The lowest BCUT2D eigenvalue weighted by atomic mass is 10.1. The topological polar surface area (TPSA) is 62.5 Å². The first-order valence-corrected chi connectivity index (χ1v) is 11.8. The van der Waals surface area contributed by atoms with Crippen LogP contribution in [-0.2, 0) is 13.0 Å². The van der Waals surface area contributed by atoms with E-state index >= 15 is 0 Å². The summed E-state index contributed by atoms with van der Waals surface area (Å²) in [5.74, 6) is 0.824. The second-order valence-electron chi connectivity index (χ2n) is 7.90. The van der Waals surface area contributed by atoms with E-state index < -0.39 is 0 Å². The zero-order valence-corrected chi connectivity index (χ0v) is 18.7. The molecule has 0 aromatic carbocycles. The van der Waals surface area contributed by atoms with Crippen molar-refractivity contribution in [3.63, 3.8) is 0 Å². The summed E-state index contributed by atoms with van der Waals surface area (Å²) in [6, 6.07) is 0.321. The van der Waals surface area contributed by atoms with Crippen LogP contribution in [0.1, 0.15) is 95.0 Å². The average Bonchev–Trinajstić information content (AvgIpc) is 2.96. The van der Waals surface area contributed by atoms with E-state index in [1.54, 1.807) is 11.3 Å². The van der Waals surface area contributed by atoms with Crippen molar-refractivity contribution in [3.05, 3.63) is 16.1 Å². The first-order chi connectivity index (χ1) is 13.0. The van der Waals surface area contributed by atoms with E-state index in [-0.39, 0.29) is 6.61 Å². The van der Waals surface area contributed by atoms with Crippen LogP contribution in [0.5, 0.6) is 0 Å². The maximum absolute atomic E-state index is 9.07. The summed E-state index contributed by atoms with van der Waals surface area (Å²) in [5.41, 5.74) is 9.44. The van der Waals surface area contributed by atoms with E-state index in [9.17, 15) is 0 Å². The molecule has 27 heavy (non-hydrogen) atoms. The molecule has 0 fully saturated rings. The fourth-order valence-corrected chi connectivity index (χ4v) is 4.43. The number of nitrogens with zero attached hydrogens (tertiary/aromatic N) is 2. The summed E-state index contributed by atoms with van der Waals surface area (Å²) < 4.78 is 2.36. The zero-order chi connectivity index (χ0) is 19.9. The lowest BCUT2D eigenvalue weighted by Gasteiger charge is -2.04. The van der Waals surface area contributed by atoms with Crippen molar-refractivity contribution in [2.45, 2.75) is 110 Å². The van der Waals surface area contributed by atoms with Crippen molar-refractivity contribution in [1.82, 2.24) is 0 Å². The minimum atomic E-state index is 0.252. The molecule has 0 amide bonds. The highest BCUT2D eigenvalue weighted by Gasteiger charge is 2.13. The van der Waals surface area contributed by atoms with E-state index in [1.165, 1.54) is 74.8 Å². The van der Waals surface area contributed by atoms with Gasteiger partial charge in [-0.1, -0.05) is 56.3 Å². The zero-order valence-electron chi connectivity index (χ0n) is 17.9. The summed E-state index contributed by atoms with van der Waals surface area (Å²) >= 11 is 1.78. The molecule has 3 N–H and O–H groups in total. The molecule has 0 unspecified atom stereocenters. The molecule has 0 radical (unpaired) electrons. The van der Waals surface area contributed by atoms with Crippen molar-refractivity contribution in [2.24, 2.45) is 10.7 Å². The molecule has 0 aliphatic rings. The van der Waals surface area contributed by atoms with Crippen LogP contribution in [0.2, 0.25) is 0 Å². The van der Waals surface area contributed by atoms with Crippen LogP contribution in [0.3, 0.4) is 0 Å². The maximum atomic E-state index is 9.07. The van der Waals surface area contributed by atoms with Crippen LogP contribution < -0.4 is 10.3 Å². The van der Waals surface area contributed by atoms with E-state index in [1.807, 2.05) is 0 Å². The van der Waals surface area contributed by atoms with Crippen molar-refractivity contribution >= 4 is 17.2 Å². The highest BCUT2D eigenvalue weighted by atomic mass is 32.1. The third kappa shape index (κ3) is 11.5. The summed E-state index contributed by atoms with van der Waals surface area (Å²) in [4.78, 5) is 5.70. The van der Waals surface area contributed by atoms with Gasteiger partial charge in [-0.05, 0) is 26.7 Å². The molecule has 0 aliphatic carbocycles. The van der Waals surface area contributed by atoms with Gasteiger partial charge in [0, 0.05) is 38.8 Å². The van der Waals surface area contributed by atoms with E-state index in [0.29, 0.717) is 6.04 Å². The number of hydrogen-bond acceptors (Lipinski definition) is 3. The van der Waals surface area contributed by atoms with Gasteiger partial charge < -0.3 is 10.8 Å². The van der Waals surface area contributed by atoms with Crippen LogP contribution in [0.15, 0.2) is 10.5 Å². The van der Waals surface area contributed by atoms with E-state index in [4.69, 9.17) is 10.8 Å². The number of amidine groups is 1. The first kappa shape index (κ1) is 24.1. The third-order valence-corrected chi connectivity index (χ3v) is 6.15. The molecule has 0 spiro atoms. The number of nitrogens with two attached hydrogens (primary N) is 1. The normalized spacial score (nSPS) is 12.3. The Bertz CT molecular complexity index is 526. The molecule has 0 saturated heterocycles. The van der Waals surface area contributed by atoms with Gasteiger partial charge in [-0.2, -0.15) is 4.57 Å². The molecule has 0 atom stereocenters. The number of rotatable bonds is 16. The molecule has 1 aromatic heterocycles. The van der Waals surface area contributed by atoms with Crippen LogP contribution in [0.4, 0.5) is 0 Å². The van der Waals surface area contributed by atoms with Crippen molar-refractivity contribution < 1.29 is 9.67 Å². The van der Waals surface area contributed by atoms with Gasteiger partial charge in [-0.3, -0.25) is 4.99 Å². The highest BCUT2D eigenvalue weighted by Crippen LogP contribution is 2.13. The molecular weight excluding hydrogens is 354 g/mol. The number of aromatic nitrogens is 1. The van der Waals surface area contributed by atoms with Gasteiger partial charge in [0.05, 0.1) is 10.7 Å². The van der Waals surface area contributed by atoms with Gasteiger partial charge in [0.15, 0.2) is 5.69 Å².